The summed E-state index contributed by atoms with van der Waals surface area (Å²) in [5.74, 6) is 0.918. The van der Waals surface area contributed by atoms with E-state index >= 15 is 0 Å². The molecule has 188 valence electrons. The minimum Gasteiger partial charge on any atom is -0.377 e. The second kappa shape index (κ2) is 10.6. The lowest BCUT2D eigenvalue weighted by molar-refractivity contribution is 0.0481. The number of ether oxygens (including phenoxy) is 1. The van der Waals surface area contributed by atoms with E-state index in [1.807, 2.05) is 6.92 Å². The van der Waals surface area contributed by atoms with E-state index in [9.17, 15) is 4.79 Å². The normalized spacial score (nSPS) is 20.2. The Morgan fingerprint density at radius 1 is 1.14 bits per heavy atom. The van der Waals surface area contributed by atoms with Crippen LogP contribution in [0, 0.1) is 13.8 Å². The van der Waals surface area contributed by atoms with Crippen molar-refractivity contribution in [3.63, 3.8) is 0 Å². The quantitative estimate of drug-likeness (QED) is 0.502. The molecule has 2 atom stereocenters. The Kier molecular flexibility index (Phi) is 7.29. The number of hydrogen-bond donors (Lipinski definition) is 1. The average Bonchev–Trinajstić information content (AvgIpc) is 3.56. The lowest BCUT2D eigenvalue weighted by Crippen LogP contribution is -2.38. The third-order valence-electron chi connectivity index (χ3n) is 7.92. The number of tetrazole rings is 1. The highest BCUT2D eigenvalue weighted by Crippen LogP contribution is 2.33. The summed E-state index contributed by atoms with van der Waals surface area (Å²) < 4.78 is 8.11. The molecule has 35 heavy (non-hydrogen) atoms. The molecule has 1 aliphatic carbocycles. The highest BCUT2D eigenvalue weighted by molar-refractivity contribution is 5.85. The van der Waals surface area contributed by atoms with Crippen LogP contribution in [0.25, 0.3) is 10.9 Å². The maximum Gasteiger partial charge on any atom is 0.252 e. The molecule has 0 unspecified atom stereocenters. The van der Waals surface area contributed by atoms with Gasteiger partial charge in [-0.05, 0) is 73.6 Å². The van der Waals surface area contributed by atoms with E-state index in [0.717, 1.165) is 73.1 Å². The van der Waals surface area contributed by atoms with Crippen LogP contribution >= 0.6 is 0 Å². The zero-order chi connectivity index (χ0) is 24.4. The van der Waals surface area contributed by atoms with Gasteiger partial charge in [-0.15, -0.1) is 5.10 Å². The Bertz CT molecular complexity index is 1210. The molecule has 8 heteroatoms. The third kappa shape index (κ3) is 5.05. The van der Waals surface area contributed by atoms with Crippen LogP contribution in [0.15, 0.2) is 23.0 Å². The fourth-order valence-electron chi connectivity index (χ4n) is 5.92. The van der Waals surface area contributed by atoms with E-state index in [1.54, 1.807) is 0 Å². The van der Waals surface area contributed by atoms with Crippen molar-refractivity contribution in [1.82, 2.24) is 30.1 Å². The molecule has 2 aromatic heterocycles. The molecule has 2 fully saturated rings. The second-order valence-corrected chi connectivity index (χ2v) is 10.4. The molecule has 0 amide bonds. The molecular weight excluding hydrogens is 440 g/mol. The van der Waals surface area contributed by atoms with Crippen molar-refractivity contribution in [2.75, 3.05) is 13.2 Å². The highest BCUT2D eigenvalue weighted by Gasteiger charge is 2.31. The van der Waals surface area contributed by atoms with E-state index in [-0.39, 0.29) is 17.7 Å². The Balaban J connectivity index is 1.50. The van der Waals surface area contributed by atoms with Gasteiger partial charge in [-0.2, -0.15) is 0 Å². The summed E-state index contributed by atoms with van der Waals surface area (Å²) in [6.07, 6.45) is 9.18. The number of aryl methyl sites for hydroxylation is 2. The predicted molar refractivity (Wildman–Crippen MR) is 136 cm³/mol. The standard InChI is InChI=1S/C27H38N6O2/c1-4-24(26-29-30-31-33(26)21-9-6-5-7-10-21)32(17-22-11-8-14-35-22)16-20-15-23-18(2)12-13-19(3)25(23)28-27(20)34/h12-13,15,21-22,24H,4-11,14,16-17H2,1-3H3,(H,28,34)/t22-,24+/m1/s1. The number of H-pyrrole nitrogens is 1. The van der Waals surface area contributed by atoms with Crippen LogP contribution in [0.2, 0.25) is 0 Å². The molecule has 8 nitrogen and oxygen atoms in total. The molecule has 0 bridgehead atoms. The van der Waals surface area contributed by atoms with Gasteiger partial charge in [0.05, 0.1) is 23.7 Å². The highest BCUT2D eigenvalue weighted by atomic mass is 16.5. The molecule has 1 aromatic carbocycles. The fourth-order valence-corrected chi connectivity index (χ4v) is 5.92. The molecule has 3 heterocycles. The van der Waals surface area contributed by atoms with Gasteiger partial charge in [0.25, 0.3) is 5.56 Å². The molecule has 1 saturated heterocycles. The predicted octanol–water partition coefficient (Wildman–Crippen LogP) is 4.77. The first-order valence-corrected chi connectivity index (χ1v) is 13.3. The first kappa shape index (κ1) is 24.1. The van der Waals surface area contributed by atoms with Crippen LogP contribution in [0.3, 0.4) is 0 Å². The largest absolute Gasteiger partial charge is 0.377 e. The fraction of sp³-hybridized carbons (Fsp3) is 0.630. The number of nitrogens with zero attached hydrogens (tertiary/aromatic N) is 5. The number of pyridine rings is 1. The van der Waals surface area contributed by atoms with E-state index < -0.39 is 0 Å². The minimum absolute atomic E-state index is 0.0184. The van der Waals surface area contributed by atoms with Gasteiger partial charge in [-0.1, -0.05) is 38.3 Å². The van der Waals surface area contributed by atoms with Gasteiger partial charge in [0.2, 0.25) is 0 Å². The summed E-state index contributed by atoms with van der Waals surface area (Å²) in [5, 5.41) is 14.2. The van der Waals surface area contributed by atoms with Crippen molar-refractivity contribution in [2.45, 2.75) is 96.9 Å². The maximum atomic E-state index is 13.2. The van der Waals surface area contributed by atoms with E-state index in [2.05, 4.69) is 62.1 Å². The molecule has 0 spiro atoms. The smallest absolute Gasteiger partial charge is 0.252 e. The molecular formula is C27H38N6O2. The molecule has 5 rings (SSSR count). The molecule has 0 radical (unpaired) electrons. The van der Waals surface area contributed by atoms with E-state index in [1.165, 1.54) is 24.8 Å². The zero-order valence-corrected chi connectivity index (χ0v) is 21.3. The number of hydrogen-bond acceptors (Lipinski definition) is 6. The second-order valence-electron chi connectivity index (χ2n) is 10.4. The van der Waals surface area contributed by atoms with Crippen molar-refractivity contribution in [1.29, 1.82) is 0 Å². The molecule has 1 N–H and O–H groups in total. The molecule has 3 aromatic rings. The van der Waals surface area contributed by atoms with Crippen molar-refractivity contribution in [3.8, 4) is 0 Å². The Hall–Kier alpha value is -2.58. The van der Waals surface area contributed by atoms with Gasteiger partial charge in [0.15, 0.2) is 5.82 Å². The summed E-state index contributed by atoms with van der Waals surface area (Å²) in [5.41, 5.74) is 3.94. The summed E-state index contributed by atoms with van der Waals surface area (Å²) in [6, 6.07) is 6.65. The molecule has 1 saturated carbocycles. The van der Waals surface area contributed by atoms with Gasteiger partial charge < -0.3 is 9.72 Å². The van der Waals surface area contributed by atoms with Crippen LogP contribution in [-0.4, -0.2) is 49.3 Å². The van der Waals surface area contributed by atoms with Crippen LogP contribution in [-0.2, 0) is 11.3 Å². The topological polar surface area (TPSA) is 88.9 Å². The summed E-state index contributed by atoms with van der Waals surface area (Å²) in [6.45, 7) is 8.44. The van der Waals surface area contributed by atoms with Crippen molar-refractivity contribution >= 4 is 10.9 Å². The lowest BCUT2D eigenvalue weighted by atomic mass is 9.95. The van der Waals surface area contributed by atoms with Crippen molar-refractivity contribution in [3.05, 3.63) is 51.1 Å². The Morgan fingerprint density at radius 2 is 1.94 bits per heavy atom. The van der Waals surface area contributed by atoms with Crippen LogP contribution in [0.5, 0.6) is 0 Å². The first-order chi connectivity index (χ1) is 17.0. The number of aromatic amines is 1. The molecule has 1 aliphatic heterocycles. The minimum atomic E-state index is -0.0229. The van der Waals surface area contributed by atoms with Gasteiger partial charge in [0, 0.05) is 30.6 Å². The number of rotatable bonds is 8. The lowest BCUT2D eigenvalue weighted by Gasteiger charge is -2.33. The average molecular weight is 479 g/mol. The van der Waals surface area contributed by atoms with Crippen LogP contribution in [0.1, 0.15) is 92.9 Å². The van der Waals surface area contributed by atoms with Crippen molar-refractivity contribution < 1.29 is 4.74 Å². The third-order valence-corrected chi connectivity index (χ3v) is 7.92. The van der Waals surface area contributed by atoms with E-state index in [4.69, 9.17) is 4.74 Å². The van der Waals surface area contributed by atoms with E-state index in [0.29, 0.717) is 12.6 Å². The van der Waals surface area contributed by atoms with Crippen LogP contribution in [0.4, 0.5) is 0 Å². The zero-order valence-electron chi connectivity index (χ0n) is 21.3. The van der Waals surface area contributed by atoms with Crippen molar-refractivity contribution in [2.24, 2.45) is 0 Å². The van der Waals surface area contributed by atoms with Crippen LogP contribution < -0.4 is 5.56 Å². The van der Waals surface area contributed by atoms with Gasteiger partial charge >= 0.3 is 0 Å². The molecule has 2 aliphatic rings. The van der Waals surface area contributed by atoms with Gasteiger partial charge in [0.1, 0.15) is 0 Å². The Morgan fingerprint density at radius 3 is 2.69 bits per heavy atom. The Labute approximate surface area is 207 Å². The number of fused-ring (bicyclic) bond motifs is 1. The number of nitrogens with one attached hydrogen (secondary N) is 1. The summed E-state index contributed by atoms with van der Waals surface area (Å²) in [7, 11) is 0. The SMILES string of the molecule is CC[C@@H](c1nnnn1C1CCCCC1)N(Cc1cc2c(C)ccc(C)c2[nH]c1=O)C[C@H]1CCCO1. The van der Waals surface area contributed by atoms with Gasteiger partial charge in [-0.25, -0.2) is 4.68 Å². The summed E-state index contributed by atoms with van der Waals surface area (Å²) >= 11 is 0. The maximum absolute atomic E-state index is 13.2. The first-order valence-electron chi connectivity index (χ1n) is 13.3. The monoisotopic (exact) mass is 478 g/mol. The number of aromatic nitrogens is 5. The summed E-state index contributed by atoms with van der Waals surface area (Å²) in [4.78, 5) is 18.8. The van der Waals surface area contributed by atoms with Gasteiger partial charge in [-0.3, -0.25) is 9.69 Å². The number of benzene rings is 1.